The highest BCUT2D eigenvalue weighted by atomic mass is 32.2. The van der Waals surface area contributed by atoms with E-state index >= 15 is 0 Å². The van der Waals surface area contributed by atoms with Gasteiger partial charge in [0.1, 0.15) is 0 Å². The molecule has 0 aromatic rings. The molecule has 0 spiro atoms. The summed E-state index contributed by atoms with van der Waals surface area (Å²) in [5.41, 5.74) is 0. The number of thioether (sulfide) groups is 1. The first-order valence-electron chi connectivity index (χ1n) is 5.06. The largest absolute Gasteiger partial charge is 0.481 e. The highest BCUT2D eigenvalue weighted by Crippen LogP contribution is 2.07. The smallest absolute Gasteiger partial charge is 0.306 e. The van der Waals surface area contributed by atoms with Gasteiger partial charge in [-0.25, -0.2) is 0 Å². The van der Waals surface area contributed by atoms with Gasteiger partial charge in [0.05, 0.1) is 12.5 Å². The molecular formula is C10H21NO3S. The van der Waals surface area contributed by atoms with Crippen LogP contribution in [0.1, 0.15) is 19.8 Å². The molecule has 0 bridgehead atoms. The zero-order chi connectivity index (χ0) is 11.8. The Labute approximate surface area is 95.7 Å². The molecule has 0 amide bonds. The van der Waals surface area contributed by atoms with Crippen molar-refractivity contribution in [2.75, 3.05) is 25.6 Å². The summed E-state index contributed by atoms with van der Waals surface area (Å²) < 4.78 is 0. The Kier molecular flexibility index (Phi) is 7.82. The maximum atomic E-state index is 10.4. The summed E-state index contributed by atoms with van der Waals surface area (Å²) in [6.07, 6.45) is 2.16. The standard InChI is InChI=1S/C10H21NO3S/c1-8(4-5-15-3)11(2)7-9(12)6-10(13)14/h8-9,12H,4-7H2,1-3H3,(H,13,14). The van der Waals surface area contributed by atoms with Gasteiger partial charge in [-0.15, -0.1) is 0 Å². The summed E-state index contributed by atoms with van der Waals surface area (Å²) in [6.45, 7) is 2.51. The number of carboxylic acid groups (broad SMARTS) is 1. The highest BCUT2D eigenvalue weighted by molar-refractivity contribution is 7.98. The molecule has 0 aliphatic heterocycles. The summed E-state index contributed by atoms with van der Waals surface area (Å²) >= 11 is 1.79. The summed E-state index contributed by atoms with van der Waals surface area (Å²) in [5, 5.41) is 17.9. The fraction of sp³-hybridized carbons (Fsp3) is 0.900. The van der Waals surface area contributed by atoms with Gasteiger partial charge in [0.15, 0.2) is 0 Å². The molecule has 0 fully saturated rings. The van der Waals surface area contributed by atoms with Crippen molar-refractivity contribution in [2.45, 2.75) is 31.9 Å². The van der Waals surface area contributed by atoms with Crippen LogP contribution in [-0.4, -0.2) is 58.8 Å². The van der Waals surface area contributed by atoms with E-state index in [1.54, 1.807) is 11.8 Å². The number of carbonyl (C=O) groups is 1. The van der Waals surface area contributed by atoms with Crippen molar-refractivity contribution in [1.82, 2.24) is 4.90 Å². The molecule has 0 saturated heterocycles. The predicted molar refractivity (Wildman–Crippen MR) is 63.4 cm³/mol. The molecule has 0 aromatic heterocycles. The fourth-order valence-corrected chi connectivity index (χ4v) is 1.86. The average Bonchev–Trinajstić information content (AvgIpc) is 2.12. The highest BCUT2D eigenvalue weighted by Gasteiger charge is 2.15. The fourth-order valence-electron chi connectivity index (χ4n) is 1.29. The van der Waals surface area contributed by atoms with Crippen molar-refractivity contribution in [1.29, 1.82) is 0 Å². The molecule has 4 nitrogen and oxygen atoms in total. The Balaban J connectivity index is 3.79. The number of nitrogens with zero attached hydrogens (tertiary/aromatic N) is 1. The first-order valence-corrected chi connectivity index (χ1v) is 6.45. The van der Waals surface area contributed by atoms with Gasteiger partial charge < -0.3 is 15.1 Å². The first kappa shape index (κ1) is 14.7. The molecule has 5 heteroatoms. The number of aliphatic carboxylic acids is 1. The molecular weight excluding hydrogens is 214 g/mol. The number of hydrogen-bond acceptors (Lipinski definition) is 4. The third kappa shape index (κ3) is 7.64. The van der Waals surface area contributed by atoms with Gasteiger partial charge in [0, 0.05) is 12.6 Å². The minimum atomic E-state index is -0.951. The lowest BCUT2D eigenvalue weighted by atomic mass is 10.2. The number of aliphatic hydroxyl groups is 1. The molecule has 90 valence electrons. The van der Waals surface area contributed by atoms with Gasteiger partial charge in [-0.1, -0.05) is 0 Å². The molecule has 0 aliphatic carbocycles. The molecule has 2 unspecified atom stereocenters. The predicted octanol–water partition coefficient (Wildman–Crippen LogP) is 0.895. The van der Waals surface area contributed by atoms with Crippen LogP contribution in [0.4, 0.5) is 0 Å². The van der Waals surface area contributed by atoms with Gasteiger partial charge in [0.25, 0.3) is 0 Å². The second kappa shape index (κ2) is 7.96. The first-order chi connectivity index (χ1) is 6.97. The molecule has 0 radical (unpaired) electrons. The van der Waals surface area contributed by atoms with E-state index < -0.39 is 12.1 Å². The second-order valence-electron chi connectivity index (χ2n) is 3.82. The van der Waals surface area contributed by atoms with E-state index in [0.29, 0.717) is 12.6 Å². The number of likely N-dealkylation sites (N-methyl/N-ethyl adjacent to an activating group) is 1. The molecule has 0 heterocycles. The molecule has 15 heavy (non-hydrogen) atoms. The molecule has 2 N–H and O–H groups in total. The molecule has 0 aromatic carbocycles. The lowest BCUT2D eigenvalue weighted by Gasteiger charge is -2.26. The van der Waals surface area contributed by atoms with Crippen LogP contribution in [0.3, 0.4) is 0 Å². The van der Waals surface area contributed by atoms with E-state index in [-0.39, 0.29) is 6.42 Å². The topological polar surface area (TPSA) is 60.8 Å². The van der Waals surface area contributed by atoms with Crippen LogP contribution in [0.15, 0.2) is 0 Å². The van der Waals surface area contributed by atoms with Gasteiger partial charge in [-0.2, -0.15) is 11.8 Å². The van der Waals surface area contributed by atoms with E-state index in [9.17, 15) is 9.90 Å². The zero-order valence-corrected chi connectivity index (χ0v) is 10.5. The van der Waals surface area contributed by atoms with Crippen molar-refractivity contribution >= 4 is 17.7 Å². The summed E-state index contributed by atoms with van der Waals surface area (Å²) in [5.74, 6) is 0.133. The van der Waals surface area contributed by atoms with E-state index in [1.165, 1.54) is 0 Å². The minimum absolute atomic E-state index is 0.181. The Morgan fingerprint density at radius 2 is 2.13 bits per heavy atom. The van der Waals surface area contributed by atoms with Crippen LogP contribution in [0, 0.1) is 0 Å². The summed E-state index contributed by atoms with van der Waals surface area (Å²) in [6, 6.07) is 0.376. The van der Waals surface area contributed by atoms with E-state index in [1.807, 2.05) is 11.9 Å². The van der Waals surface area contributed by atoms with Crippen molar-refractivity contribution < 1.29 is 15.0 Å². The van der Waals surface area contributed by atoms with E-state index in [2.05, 4.69) is 13.2 Å². The Morgan fingerprint density at radius 3 is 2.60 bits per heavy atom. The zero-order valence-electron chi connectivity index (χ0n) is 9.64. The Morgan fingerprint density at radius 1 is 1.53 bits per heavy atom. The van der Waals surface area contributed by atoms with Crippen LogP contribution in [0.5, 0.6) is 0 Å². The minimum Gasteiger partial charge on any atom is -0.481 e. The summed E-state index contributed by atoms with van der Waals surface area (Å²) in [7, 11) is 1.91. The van der Waals surface area contributed by atoms with E-state index in [0.717, 1.165) is 12.2 Å². The lowest BCUT2D eigenvalue weighted by molar-refractivity contribution is -0.139. The van der Waals surface area contributed by atoms with Crippen molar-refractivity contribution in [3.05, 3.63) is 0 Å². The molecule has 0 aliphatic rings. The Bertz CT molecular complexity index is 190. The van der Waals surface area contributed by atoms with Crippen LogP contribution < -0.4 is 0 Å². The second-order valence-corrected chi connectivity index (χ2v) is 4.81. The van der Waals surface area contributed by atoms with E-state index in [4.69, 9.17) is 5.11 Å². The number of hydrogen-bond donors (Lipinski definition) is 2. The summed E-state index contributed by atoms with van der Waals surface area (Å²) in [4.78, 5) is 12.4. The third-order valence-corrected chi connectivity index (χ3v) is 3.05. The number of rotatable bonds is 8. The molecule has 2 atom stereocenters. The third-order valence-electron chi connectivity index (χ3n) is 2.40. The lowest BCUT2D eigenvalue weighted by Crippen LogP contribution is -2.37. The number of carboxylic acids is 1. The van der Waals surface area contributed by atoms with Crippen molar-refractivity contribution in [3.8, 4) is 0 Å². The van der Waals surface area contributed by atoms with Crippen LogP contribution in [-0.2, 0) is 4.79 Å². The molecule has 0 saturated carbocycles. The molecule has 0 rings (SSSR count). The average molecular weight is 235 g/mol. The monoisotopic (exact) mass is 235 g/mol. The maximum absolute atomic E-state index is 10.4. The van der Waals surface area contributed by atoms with Crippen LogP contribution in [0.25, 0.3) is 0 Å². The van der Waals surface area contributed by atoms with Gasteiger partial charge in [-0.05, 0) is 32.4 Å². The van der Waals surface area contributed by atoms with Gasteiger partial charge in [-0.3, -0.25) is 4.79 Å². The van der Waals surface area contributed by atoms with Crippen LogP contribution in [0.2, 0.25) is 0 Å². The quantitative estimate of drug-likeness (QED) is 0.654. The normalized spacial score (nSPS) is 15.3. The van der Waals surface area contributed by atoms with Gasteiger partial charge >= 0.3 is 5.97 Å². The maximum Gasteiger partial charge on any atom is 0.306 e. The van der Waals surface area contributed by atoms with Crippen LogP contribution >= 0.6 is 11.8 Å². The SMILES string of the molecule is CSCCC(C)N(C)CC(O)CC(=O)O. The Hall–Kier alpha value is -0.260. The van der Waals surface area contributed by atoms with Crippen molar-refractivity contribution in [3.63, 3.8) is 0 Å². The van der Waals surface area contributed by atoms with Gasteiger partial charge in [0.2, 0.25) is 0 Å². The number of aliphatic hydroxyl groups excluding tert-OH is 1. The van der Waals surface area contributed by atoms with Crippen molar-refractivity contribution in [2.24, 2.45) is 0 Å².